The Balaban J connectivity index is 1.61. The van der Waals surface area contributed by atoms with Gasteiger partial charge in [0.25, 0.3) is 0 Å². The second-order valence-corrected chi connectivity index (χ2v) is 7.41. The molecule has 2 aromatic heterocycles. The van der Waals surface area contributed by atoms with Crippen LogP contribution in [0.4, 0.5) is 0 Å². The van der Waals surface area contributed by atoms with E-state index in [9.17, 15) is 9.90 Å². The van der Waals surface area contributed by atoms with E-state index in [4.69, 9.17) is 4.42 Å². The zero-order valence-corrected chi connectivity index (χ0v) is 14.3. The molecule has 1 saturated carbocycles. The smallest absolute Gasteiger partial charge is 0.226 e. The zero-order valence-electron chi connectivity index (χ0n) is 13.5. The van der Waals surface area contributed by atoms with Crippen molar-refractivity contribution in [1.82, 2.24) is 10.3 Å². The number of rotatable bonds is 5. The molecule has 0 spiro atoms. The second kappa shape index (κ2) is 6.45. The van der Waals surface area contributed by atoms with E-state index in [1.54, 1.807) is 0 Å². The molecule has 2 atom stereocenters. The SMILES string of the molecule is Cc1ccc(-c2nc(CC(=O)NC3CCCC3(C)CO)cs2)o1. The normalized spacial score (nSPS) is 24.0. The molecule has 1 fully saturated rings. The molecule has 23 heavy (non-hydrogen) atoms. The van der Waals surface area contributed by atoms with E-state index in [0.717, 1.165) is 41.5 Å². The topological polar surface area (TPSA) is 75.4 Å². The molecule has 6 heteroatoms. The number of aromatic nitrogens is 1. The molecular formula is C17H22N2O3S. The predicted octanol–water partition coefficient (Wildman–Crippen LogP) is 2.92. The first kappa shape index (κ1) is 16.2. The van der Waals surface area contributed by atoms with Gasteiger partial charge in [0.2, 0.25) is 5.91 Å². The fraction of sp³-hybridized carbons (Fsp3) is 0.529. The standard InChI is InChI=1S/C17H22N2O3S/c1-11-5-6-13(22-11)16-18-12(9-23-16)8-15(21)19-14-4-3-7-17(14,2)10-20/h5-6,9,14,20H,3-4,7-8,10H2,1-2H3,(H,19,21). The third kappa shape index (κ3) is 3.48. The predicted molar refractivity (Wildman–Crippen MR) is 89.2 cm³/mol. The Morgan fingerprint density at radius 1 is 1.57 bits per heavy atom. The summed E-state index contributed by atoms with van der Waals surface area (Å²) < 4.78 is 5.56. The Labute approximate surface area is 139 Å². The van der Waals surface area contributed by atoms with Gasteiger partial charge in [-0.3, -0.25) is 4.79 Å². The molecule has 0 aromatic carbocycles. The van der Waals surface area contributed by atoms with Crippen LogP contribution in [0.1, 0.15) is 37.6 Å². The van der Waals surface area contributed by atoms with Crippen LogP contribution in [0.15, 0.2) is 21.9 Å². The summed E-state index contributed by atoms with van der Waals surface area (Å²) in [6.45, 7) is 4.03. The average Bonchev–Trinajstić information content (AvgIpc) is 3.21. The Morgan fingerprint density at radius 2 is 2.39 bits per heavy atom. The minimum Gasteiger partial charge on any atom is -0.459 e. The van der Waals surface area contributed by atoms with Gasteiger partial charge < -0.3 is 14.8 Å². The lowest BCUT2D eigenvalue weighted by Crippen LogP contribution is -2.45. The number of thiazole rings is 1. The molecule has 0 saturated heterocycles. The van der Waals surface area contributed by atoms with Gasteiger partial charge in [0.05, 0.1) is 18.7 Å². The number of amides is 1. The minimum atomic E-state index is -0.200. The average molecular weight is 334 g/mol. The summed E-state index contributed by atoms with van der Waals surface area (Å²) in [7, 11) is 0. The lowest BCUT2D eigenvalue weighted by Gasteiger charge is -2.30. The molecule has 2 aromatic rings. The number of nitrogens with zero attached hydrogens (tertiary/aromatic N) is 1. The van der Waals surface area contributed by atoms with E-state index in [0.29, 0.717) is 0 Å². The van der Waals surface area contributed by atoms with Crippen LogP contribution >= 0.6 is 11.3 Å². The van der Waals surface area contributed by atoms with E-state index in [-0.39, 0.29) is 30.4 Å². The van der Waals surface area contributed by atoms with E-state index < -0.39 is 0 Å². The van der Waals surface area contributed by atoms with Crippen molar-refractivity contribution in [3.63, 3.8) is 0 Å². The highest BCUT2D eigenvalue weighted by Gasteiger charge is 2.39. The monoisotopic (exact) mass is 334 g/mol. The summed E-state index contributed by atoms with van der Waals surface area (Å²) in [4.78, 5) is 16.7. The van der Waals surface area contributed by atoms with Crippen LogP contribution in [0.5, 0.6) is 0 Å². The zero-order chi connectivity index (χ0) is 16.4. The molecule has 0 radical (unpaired) electrons. The Kier molecular flexibility index (Phi) is 4.55. The van der Waals surface area contributed by atoms with Gasteiger partial charge in [0.15, 0.2) is 10.8 Å². The molecule has 2 N–H and O–H groups in total. The fourth-order valence-corrected chi connectivity index (χ4v) is 3.91. The highest BCUT2D eigenvalue weighted by Crippen LogP contribution is 2.37. The van der Waals surface area contributed by atoms with Crippen molar-refractivity contribution in [3.05, 3.63) is 29.0 Å². The van der Waals surface area contributed by atoms with Crippen molar-refractivity contribution in [1.29, 1.82) is 0 Å². The quantitative estimate of drug-likeness (QED) is 0.881. The fourth-order valence-electron chi connectivity index (χ4n) is 3.13. The van der Waals surface area contributed by atoms with Crippen LogP contribution in [0, 0.1) is 12.3 Å². The number of carbonyl (C=O) groups excluding carboxylic acids is 1. The number of aryl methyl sites for hydroxylation is 1. The number of aliphatic hydroxyl groups is 1. The summed E-state index contributed by atoms with van der Waals surface area (Å²) in [6.07, 6.45) is 3.18. The molecule has 124 valence electrons. The number of hydrogen-bond donors (Lipinski definition) is 2. The first-order valence-corrected chi connectivity index (χ1v) is 8.79. The molecule has 2 heterocycles. The van der Waals surface area contributed by atoms with Gasteiger partial charge in [-0.2, -0.15) is 0 Å². The molecule has 0 aliphatic heterocycles. The van der Waals surface area contributed by atoms with Gasteiger partial charge in [0, 0.05) is 16.8 Å². The van der Waals surface area contributed by atoms with Crippen molar-refractivity contribution < 1.29 is 14.3 Å². The molecular weight excluding hydrogens is 312 g/mol. The second-order valence-electron chi connectivity index (χ2n) is 6.56. The van der Waals surface area contributed by atoms with Gasteiger partial charge in [-0.25, -0.2) is 4.98 Å². The summed E-state index contributed by atoms with van der Waals surface area (Å²) in [5.41, 5.74) is 0.550. The third-order valence-electron chi connectivity index (χ3n) is 4.62. The highest BCUT2D eigenvalue weighted by atomic mass is 32.1. The Morgan fingerprint density at radius 3 is 3.09 bits per heavy atom. The van der Waals surface area contributed by atoms with Crippen molar-refractivity contribution in [2.75, 3.05) is 6.61 Å². The molecule has 1 aliphatic carbocycles. The van der Waals surface area contributed by atoms with Crippen LogP contribution in [0.3, 0.4) is 0 Å². The Bertz CT molecular complexity index is 694. The Hall–Kier alpha value is -1.66. The van der Waals surface area contributed by atoms with Crippen molar-refractivity contribution >= 4 is 17.2 Å². The summed E-state index contributed by atoms with van der Waals surface area (Å²) >= 11 is 1.48. The molecule has 1 aliphatic rings. The molecule has 3 rings (SSSR count). The largest absolute Gasteiger partial charge is 0.459 e. The van der Waals surface area contributed by atoms with Gasteiger partial charge in [-0.15, -0.1) is 11.3 Å². The number of nitrogens with one attached hydrogen (secondary N) is 1. The summed E-state index contributed by atoms with van der Waals surface area (Å²) in [5, 5.41) is 15.3. The lowest BCUT2D eigenvalue weighted by molar-refractivity contribution is -0.122. The van der Waals surface area contributed by atoms with Gasteiger partial charge >= 0.3 is 0 Å². The maximum absolute atomic E-state index is 12.3. The molecule has 5 nitrogen and oxygen atoms in total. The van der Waals surface area contributed by atoms with Crippen LogP contribution in [-0.2, 0) is 11.2 Å². The molecule has 1 amide bonds. The lowest BCUT2D eigenvalue weighted by atomic mass is 9.86. The van der Waals surface area contributed by atoms with Crippen LogP contribution in [0.2, 0.25) is 0 Å². The molecule has 0 bridgehead atoms. The van der Waals surface area contributed by atoms with E-state index in [1.165, 1.54) is 11.3 Å². The van der Waals surface area contributed by atoms with Crippen molar-refractivity contribution in [2.45, 2.75) is 45.6 Å². The summed E-state index contributed by atoms with van der Waals surface area (Å²) in [5.74, 6) is 1.55. The van der Waals surface area contributed by atoms with Crippen LogP contribution in [0.25, 0.3) is 10.8 Å². The van der Waals surface area contributed by atoms with Gasteiger partial charge in [0.1, 0.15) is 5.76 Å². The van der Waals surface area contributed by atoms with Crippen molar-refractivity contribution in [3.8, 4) is 10.8 Å². The maximum Gasteiger partial charge on any atom is 0.226 e. The van der Waals surface area contributed by atoms with E-state index in [2.05, 4.69) is 10.3 Å². The number of furan rings is 1. The first-order chi connectivity index (χ1) is 11.0. The number of carbonyl (C=O) groups is 1. The van der Waals surface area contributed by atoms with Crippen molar-refractivity contribution in [2.24, 2.45) is 5.41 Å². The van der Waals surface area contributed by atoms with Gasteiger partial charge in [-0.1, -0.05) is 13.3 Å². The van der Waals surface area contributed by atoms with E-state index in [1.807, 2.05) is 31.4 Å². The van der Waals surface area contributed by atoms with Crippen LogP contribution in [-0.4, -0.2) is 28.6 Å². The number of aliphatic hydroxyl groups excluding tert-OH is 1. The minimum absolute atomic E-state index is 0.0379. The third-order valence-corrected chi connectivity index (χ3v) is 5.53. The first-order valence-electron chi connectivity index (χ1n) is 7.91. The maximum atomic E-state index is 12.3. The van der Waals surface area contributed by atoms with Gasteiger partial charge in [-0.05, 0) is 31.9 Å². The highest BCUT2D eigenvalue weighted by molar-refractivity contribution is 7.13. The number of hydrogen-bond acceptors (Lipinski definition) is 5. The van der Waals surface area contributed by atoms with E-state index >= 15 is 0 Å². The van der Waals surface area contributed by atoms with Crippen LogP contribution < -0.4 is 5.32 Å². The summed E-state index contributed by atoms with van der Waals surface area (Å²) in [6, 6.07) is 3.84. The molecule has 2 unspecified atom stereocenters.